The molecule has 1 amide bonds. The van der Waals surface area contributed by atoms with E-state index < -0.39 is 20.1 Å². The molecule has 2 aromatic carbocycles. The smallest absolute Gasteiger partial charge is 0.438 e. The molecule has 9 heteroatoms. The van der Waals surface area contributed by atoms with Crippen LogP contribution in [0.4, 0.5) is 5.69 Å². The largest absolute Gasteiger partial charge is 0.440 e. The van der Waals surface area contributed by atoms with Crippen molar-refractivity contribution in [2.24, 2.45) is 5.73 Å². The number of hydrogen-bond acceptors (Lipinski definition) is 6. The van der Waals surface area contributed by atoms with Crippen LogP contribution in [0.25, 0.3) is 0 Å². The van der Waals surface area contributed by atoms with Gasteiger partial charge in [-0.05, 0) is 47.4 Å². The zero-order chi connectivity index (χ0) is 24.7. The van der Waals surface area contributed by atoms with Crippen LogP contribution in [-0.2, 0) is 22.3 Å². The Balaban J connectivity index is 1.42. The summed E-state index contributed by atoms with van der Waals surface area (Å²) in [5.41, 5.74) is 9.34. The van der Waals surface area contributed by atoms with Crippen LogP contribution in [0.3, 0.4) is 0 Å². The number of nitrogens with two attached hydrogens (primary N) is 1. The topological polar surface area (TPSA) is 123 Å². The lowest BCUT2D eigenvalue weighted by Gasteiger charge is -2.41. The molecular formula is C26H26N3O5S+. The van der Waals surface area contributed by atoms with Crippen LogP contribution in [0.5, 0.6) is 0 Å². The van der Waals surface area contributed by atoms with E-state index in [0.717, 1.165) is 22.4 Å². The quantitative estimate of drug-likeness (QED) is 0.292. The number of likely N-dealkylation sites (tertiary alicyclic amines) is 1. The molecule has 1 saturated heterocycles. The molecule has 2 aliphatic heterocycles. The average molecular weight is 493 g/mol. The predicted molar refractivity (Wildman–Crippen MR) is 131 cm³/mol. The first-order valence-electron chi connectivity index (χ1n) is 11.4. The molecule has 8 nitrogen and oxygen atoms in total. The number of anilines is 1. The van der Waals surface area contributed by atoms with Crippen LogP contribution in [0.1, 0.15) is 45.8 Å². The van der Waals surface area contributed by atoms with Crippen molar-refractivity contribution < 1.29 is 26.1 Å². The van der Waals surface area contributed by atoms with Gasteiger partial charge in [-0.2, -0.15) is 0 Å². The van der Waals surface area contributed by atoms with Gasteiger partial charge in [-0.15, -0.1) is 12.3 Å². The van der Waals surface area contributed by atoms with Crippen molar-refractivity contribution in [3.8, 4) is 11.8 Å². The van der Waals surface area contributed by atoms with E-state index in [2.05, 4.69) is 23.2 Å². The highest BCUT2D eigenvalue weighted by Gasteiger charge is 2.57. The van der Waals surface area contributed by atoms with Crippen LogP contribution in [-0.4, -0.2) is 42.4 Å². The highest BCUT2D eigenvalue weighted by molar-refractivity contribution is 7.80. The Hall–Kier alpha value is -3.42. The van der Waals surface area contributed by atoms with Gasteiger partial charge in [-0.1, -0.05) is 36.3 Å². The van der Waals surface area contributed by atoms with Crippen molar-refractivity contribution in [2.75, 3.05) is 25.0 Å². The lowest BCUT2D eigenvalue weighted by molar-refractivity contribution is -0.735. The first-order valence-corrected chi connectivity index (χ1v) is 12.8. The van der Waals surface area contributed by atoms with Crippen molar-refractivity contribution in [3.05, 3.63) is 88.9 Å². The van der Waals surface area contributed by atoms with E-state index >= 15 is 0 Å². The van der Waals surface area contributed by atoms with Gasteiger partial charge < -0.3 is 15.5 Å². The summed E-state index contributed by atoms with van der Waals surface area (Å²) < 4.78 is 39.9. The number of nitrogens with one attached hydrogen (secondary N) is 1. The van der Waals surface area contributed by atoms with Gasteiger partial charge in [-0.3, -0.25) is 0 Å². The van der Waals surface area contributed by atoms with Crippen molar-refractivity contribution in [1.82, 2.24) is 0 Å². The summed E-state index contributed by atoms with van der Waals surface area (Å²) in [5, 5.41) is 3.39. The fourth-order valence-corrected chi connectivity index (χ4v) is 6.00. The molecular weight excluding hydrogens is 466 g/mol. The van der Waals surface area contributed by atoms with Gasteiger partial charge in [0.25, 0.3) is 0 Å². The Morgan fingerprint density at radius 2 is 1.83 bits per heavy atom. The third kappa shape index (κ3) is 4.05. The van der Waals surface area contributed by atoms with Crippen LogP contribution in [0.2, 0.25) is 0 Å². The summed E-state index contributed by atoms with van der Waals surface area (Å²) in [6, 6.07) is 18.2. The minimum Gasteiger partial charge on any atom is -0.438 e. The number of furan rings is 1. The lowest BCUT2D eigenvalue weighted by atomic mass is 9.74. The zero-order valence-electron chi connectivity index (χ0n) is 19.0. The Kier molecular flexibility index (Phi) is 5.77. The molecule has 0 unspecified atom stereocenters. The van der Waals surface area contributed by atoms with Crippen molar-refractivity contribution in [2.45, 2.75) is 24.8 Å². The second-order valence-corrected chi connectivity index (χ2v) is 10.7. The normalized spacial score (nSPS) is 23.3. The van der Waals surface area contributed by atoms with Gasteiger partial charge in [0.1, 0.15) is 13.1 Å². The summed E-state index contributed by atoms with van der Waals surface area (Å²) in [5.74, 6) is 5.08. The average Bonchev–Trinajstić information content (AvgIpc) is 3.48. The van der Waals surface area contributed by atoms with Crippen LogP contribution in [0, 0.1) is 11.8 Å². The summed E-state index contributed by atoms with van der Waals surface area (Å²) in [6.45, 7) is 0.894. The second kappa shape index (κ2) is 8.66. The van der Waals surface area contributed by atoms with Crippen molar-refractivity contribution in [1.29, 1.82) is 0 Å². The molecule has 0 aliphatic carbocycles. The van der Waals surface area contributed by atoms with Gasteiger partial charge in [0, 0.05) is 42.6 Å². The maximum atomic E-state index is 13.5. The van der Waals surface area contributed by atoms with Crippen molar-refractivity contribution >= 4 is 21.9 Å². The molecule has 0 atom stereocenters. The highest BCUT2D eigenvalue weighted by atomic mass is 32.2. The number of nitrogens with zero attached hydrogens (tertiary/aromatic N) is 1. The minimum atomic E-state index is -4.77. The maximum absolute atomic E-state index is 13.5. The van der Waals surface area contributed by atoms with Gasteiger partial charge in [0.15, 0.2) is 5.76 Å². The molecule has 0 saturated carbocycles. The number of benzene rings is 2. The number of hydrogen-bond donors (Lipinski definition) is 3. The first-order chi connectivity index (χ1) is 16.8. The highest BCUT2D eigenvalue weighted by Crippen LogP contribution is 2.46. The molecule has 0 bridgehead atoms. The Labute approximate surface area is 204 Å². The van der Waals surface area contributed by atoms with E-state index in [9.17, 15) is 17.8 Å². The molecule has 1 aromatic heterocycles. The van der Waals surface area contributed by atoms with E-state index in [1.54, 1.807) is 0 Å². The predicted octanol–water partition coefficient (Wildman–Crippen LogP) is 3.06. The zero-order valence-corrected chi connectivity index (χ0v) is 19.8. The van der Waals surface area contributed by atoms with Gasteiger partial charge in [-0.25, -0.2) is 9.35 Å². The standard InChI is InChI=1S/C26H25N3O5S/c27-17-20-7-10-23-22(16-20)26(18-28-23)12-14-29(15-13-26,35(31,32)33)25(30)24-11-9-21(34-24)8-6-19-4-2-1-3-5-19/h1-5,7,9-11,16,28H,12-15,17-18,27H2/p+1. The molecule has 3 heterocycles. The SMILES string of the molecule is NCc1ccc2c(c1)C1(CC[N+](C(=O)c3ccc(C#Cc4ccccc4)o3)(S(=O)(=O)O)CC1)CN2. The molecule has 3 aromatic rings. The minimum absolute atomic E-state index is 0.0721. The number of carbonyl (C=O) groups excluding carboxylic acids is 1. The molecule has 180 valence electrons. The van der Waals surface area contributed by atoms with Gasteiger partial charge in [0.05, 0.1) is 0 Å². The van der Waals surface area contributed by atoms with E-state index in [0.29, 0.717) is 25.9 Å². The summed E-state index contributed by atoms with van der Waals surface area (Å²) in [7, 11) is -4.77. The fourth-order valence-electron chi connectivity index (χ4n) is 5.06. The summed E-state index contributed by atoms with van der Waals surface area (Å²) >= 11 is 0. The van der Waals surface area contributed by atoms with E-state index in [-0.39, 0.29) is 30.0 Å². The van der Waals surface area contributed by atoms with Crippen molar-refractivity contribution in [3.63, 3.8) is 0 Å². The van der Waals surface area contributed by atoms with E-state index in [1.165, 1.54) is 12.1 Å². The second-order valence-electron chi connectivity index (χ2n) is 9.09. The molecule has 35 heavy (non-hydrogen) atoms. The number of fused-ring (bicyclic) bond motifs is 2. The van der Waals surface area contributed by atoms with Crippen LogP contribution in [0.15, 0.2) is 65.1 Å². The number of rotatable bonds is 3. The number of quaternary nitrogens is 1. The van der Waals surface area contributed by atoms with Gasteiger partial charge in [0.2, 0.25) is 5.76 Å². The Morgan fingerprint density at radius 1 is 1.09 bits per heavy atom. The molecule has 1 fully saturated rings. The summed E-state index contributed by atoms with van der Waals surface area (Å²) in [4.78, 5) is 13.5. The first kappa shape index (κ1) is 23.3. The van der Waals surface area contributed by atoms with Gasteiger partial charge >= 0.3 is 16.2 Å². The van der Waals surface area contributed by atoms with Crippen LogP contribution >= 0.6 is 0 Å². The molecule has 2 aliphatic rings. The number of piperidine rings is 1. The molecule has 5 rings (SSSR count). The van der Waals surface area contributed by atoms with Crippen LogP contribution < -0.4 is 11.1 Å². The third-order valence-corrected chi connectivity index (χ3v) is 8.56. The third-order valence-electron chi connectivity index (χ3n) is 7.14. The Bertz CT molecular complexity index is 1440. The molecule has 1 spiro atoms. The van der Waals surface area contributed by atoms with E-state index in [4.69, 9.17) is 10.2 Å². The molecule has 4 N–H and O–H groups in total. The summed E-state index contributed by atoms with van der Waals surface area (Å²) in [6.07, 6.45) is 0.794. The Morgan fingerprint density at radius 3 is 2.51 bits per heavy atom. The number of carbonyl (C=O) groups is 1. The van der Waals surface area contributed by atoms with E-state index in [1.807, 2.05) is 42.5 Å². The lowest BCUT2D eigenvalue weighted by Crippen LogP contribution is -2.62. The molecule has 0 radical (unpaired) electrons. The fraction of sp³-hybridized carbons (Fsp3) is 0.269. The maximum Gasteiger partial charge on any atom is 0.440 e. The number of amides is 1. The monoisotopic (exact) mass is 492 g/mol.